The molecule has 2 saturated heterocycles. The molecule has 0 unspecified atom stereocenters. The van der Waals surface area contributed by atoms with E-state index in [4.69, 9.17) is 38.1 Å². The Morgan fingerprint density at radius 1 is 0.392 bits per heavy atom. The summed E-state index contributed by atoms with van der Waals surface area (Å²) < 4.78 is 36.1. The monoisotopic (exact) mass is 1120 g/mol. The van der Waals surface area contributed by atoms with Gasteiger partial charge in [0.25, 0.3) is 23.6 Å². The Labute approximate surface area is 476 Å². The van der Waals surface area contributed by atoms with Gasteiger partial charge in [0.1, 0.15) is 0 Å². The molecule has 0 radical (unpaired) electrons. The molecule has 0 spiro atoms. The van der Waals surface area contributed by atoms with E-state index in [1.54, 1.807) is 0 Å². The average molecular weight is 1120 g/mol. The number of allylic oxidation sites excluding steroid dienone is 4. The molecule has 456 valence electrons. The van der Waals surface area contributed by atoms with Crippen LogP contribution in [0.5, 0.6) is 0 Å². The molecule has 0 saturated carbocycles. The van der Waals surface area contributed by atoms with Gasteiger partial charge >= 0.3 is 11.9 Å². The summed E-state index contributed by atoms with van der Waals surface area (Å²) in [5.41, 5.74) is -0.906. The number of ether oxygens (including phenoxy) is 6. The molecule has 2 heterocycles. The maximum atomic E-state index is 12.6. The third-order valence-electron chi connectivity index (χ3n) is 13.7. The molecule has 0 bridgehead atoms. The minimum absolute atomic E-state index is 0.0126. The topological polar surface area (TPSA) is 207 Å². The number of nitrogens with zero attached hydrogens (tertiary/aromatic N) is 2. The lowest BCUT2D eigenvalue weighted by Gasteiger charge is -2.33. The fourth-order valence-corrected chi connectivity index (χ4v) is 8.91. The summed E-state index contributed by atoms with van der Waals surface area (Å²) in [6.45, 7) is 9.13. The highest BCUT2D eigenvalue weighted by Gasteiger charge is 2.35. The zero-order valence-corrected chi connectivity index (χ0v) is 49.4. The Morgan fingerprint density at radius 2 is 0.684 bits per heavy atom. The second kappa shape index (κ2) is 51.3. The third-order valence-corrected chi connectivity index (χ3v) is 13.7. The molecule has 0 aromatic rings. The van der Waals surface area contributed by atoms with E-state index in [9.17, 15) is 28.8 Å². The lowest BCUT2D eigenvalue weighted by molar-refractivity contribution is -0.198. The first-order valence-electron chi connectivity index (χ1n) is 31.0. The number of rotatable bonds is 58. The summed E-state index contributed by atoms with van der Waals surface area (Å²) in [5.74, 6) is -3.86. The lowest BCUT2D eigenvalue weighted by Crippen LogP contribution is -2.42. The van der Waals surface area contributed by atoms with Gasteiger partial charge in [0.2, 0.25) is 0 Å². The van der Waals surface area contributed by atoms with E-state index < -0.39 is 41.0 Å². The number of carbonyl (C=O) groups excluding carboxylic acids is 6. The fourth-order valence-electron chi connectivity index (χ4n) is 8.91. The van der Waals surface area contributed by atoms with Crippen LogP contribution in [0.15, 0.2) is 24.3 Å². The van der Waals surface area contributed by atoms with Crippen molar-refractivity contribution < 1.29 is 66.9 Å². The first kappa shape index (κ1) is 71.5. The average Bonchev–Trinajstić information content (AvgIpc) is 3.96. The summed E-state index contributed by atoms with van der Waals surface area (Å²) in [6, 6.07) is 0. The number of carbonyl (C=O) groups is 6. The molecule has 79 heavy (non-hydrogen) atoms. The van der Waals surface area contributed by atoms with Crippen molar-refractivity contribution in [2.24, 2.45) is 5.41 Å². The molecule has 18 heteroatoms. The van der Waals surface area contributed by atoms with E-state index in [1.165, 1.54) is 141 Å². The Bertz CT molecular complexity index is 1480. The largest absolute Gasteiger partial charge is 0.381 e. The second-order valence-electron chi connectivity index (χ2n) is 21.3. The van der Waals surface area contributed by atoms with Crippen LogP contribution in [0.25, 0.3) is 0 Å². The summed E-state index contributed by atoms with van der Waals surface area (Å²) in [4.78, 5) is 83.1. The number of amides is 4. The molecule has 0 aromatic heterocycles. The van der Waals surface area contributed by atoms with Crippen LogP contribution in [0.4, 0.5) is 0 Å². The predicted octanol–water partition coefficient (Wildman–Crippen LogP) is 11.2. The van der Waals surface area contributed by atoms with E-state index in [0.717, 1.165) is 25.7 Å². The molecule has 4 amide bonds. The second-order valence-corrected chi connectivity index (χ2v) is 21.3. The number of nitrogens with one attached hydrogen (secondary N) is 2. The van der Waals surface area contributed by atoms with Crippen LogP contribution in [-0.4, -0.2) is 138 Å². The minimum atomic E-state index is -0.906. The van der Waals surface area contributed by atoms with Crippen molar-refractivity contribution in [2.75, 3.05) is 92.6 Å². The number of hydrogen-bond donors (Lipinski definition) is 2. The molecule has 2 aliphatic rings. The van der Waals surface area contributed by atoms with Gasteiger partial charge in [0.05, 0.1) is 71.4 Å². The van der Waals surface area contributed by atoms with Gasteiger partial charge in [-0.2, -0.15) is 0 Å². The van der Waals surface area contributed by atoms with E-state index in [2.05, 4.69) is 48.8 Å². The molecule has 18 nitrogen and oxygen atoms in total. The number of hydroxylamine groups is 4. The van der Waals surface area contributed by atoms with Crippen LogP contribution in [0.2, 0.25) is 0 Å². The van der Waals surface area contributed by atoms with Crippen LogP contribution >= 0.6 is 0 Å². The lowest BCUT2D eigenvalue weighted by atomic mass is 9.92. The van der Waals surface area contributed by atoms with Crippen LogP contribution in [0, 0.1) is 5.41 Å². The molecule has 2 rings (SSSR count). The first-order valence-corrected chi connectivity index (χ1v) is 31.0. The molecule has 0 aliphatic carbocycles. The molecule has 2 N–H and O–H groups in total. The van der Waals surface area contributed by atoms with Gasteiger partial charge in [0.15, 0.2) is 0 Å². The van der Waals surface area contributed by atoms with Gasteiger partial charge in [-0.3, -0.25) is 29.8 Å². The SMILES string of the molecule is CCCCCCCC/C=C/CCCCCCCOCNCCCOCC(COCCCNCOCCCCCCC/C=C/CCCCCCCC)(COCCC(=O)ON1C(=O)CCC1=O)COCCC(=O)ON1C(=O)CCC1=O. The van der Waals surface area contributed by atoms with Crippen LogP contribution in [0.1, 0.15) is 232 Å². The highest BCUT2D eigenvalue weighted by Crippen LogP contribution is 2.23. The van der Waals surface area contributed by atoms with Gasteiger partial charge < -0.3 is 38.1 Å². The van der Waals surface area contributed by atoms with Crippen molar-refractivity contribution in [3.63, 3.8) is 0 Å². The van der Waals surface area contributed by atoms with Gasteiger partial charge in [-0.25, -0.2) is 9.59 Å². The Kier molecular flexibility index (Phi) is 46.4. The maximum absolute atomic E-state index is 12.6. The number of hydrogen-bond acceptors (Lipinski definition) is 16. The summed E-state index contributed by atoms with van der Waals surface area (Å²) >= 11 is 0. The molecule has 2 aliphatic heterocycles. The van der Waals surface area contributed by atoms with Gasteiger partial charge in [-0.1, -0.05) is 141 Å². The zero-order valence-electron chi connectivity index (χ0n) is 49.4. The first-order chi connectivity index (χ1) is 38.7. The van der Waals surface area contributed by atoms with Crippen molar-refractivity contribution in [3.05, 3.63) is 24.3 Å². The summed E-state index contributed by atoms with van der Waals surface area (Å²) in [6.07, 6.45) is 43.0. The third kappa shape index (κ3) is 40.3. The van der Waals surface area contributed by atoms with E-state index in [-0.39, 0.29) is 78.2 Å². The van der Waals surface area contributed by atoms with Crippen molar-refractivity contribution in [1.82, 2.24) is 20.8 Å². The van der Waals surface area contributed by atoms with Crippen LogP contribution in [0.3, 0.4) is 0 Å². The number of imide groups is 2. The molecule has 0 aromatic carbocycles. The number of unbranched alkanes of at least 4 members (excludes halogenated alkanes) is 22. The molecular weight excluding hydrogens is 1010 g/mol. The Balaban J connectivity index is 1.77. The van der Waals surface area contributed by atoms with Crippen molar-refractivity contribution in [3.8, 4) is 0 Å². The molecule has 0 atom stereocenters. The zero-order chi connectivity index (χ0) is 57.0. The maximum Gasteiger partial charge on any atom is 0.335 e. The van der Waals surface area contributed by atoms with E-state index in [0.29, 0.717) is 75.9 Å². The molecule has 2 fully saturated rings. The van der Waals surface area contributed by atoms with Crippen molar-refractivity contribution in [2.45, 2.75) is 232 Å². The van der Waals surface area contributed by atoms with Gasteiger partial charge in [0, 0.05) is 52.1 Å². The van der Waals surface area contributed by atoms with E-state index in [1.807, 2.05) is 0 Å². The van der Waals surface area contributed by atoms with Crippen LogP contribution < -0.4 is 10.6 Å². The van der Waals surface area contributed by atoms with Crippen molar-refractivity contribution >= 4 is 35.6 Å². The highest BCUT2D eigenvalue weighted by molar-refractivity contribution is 6.02. The summed E-state index contributed by atoms with van der Waals surface area (Å²) in [5, 5.41) is 7.64. The molecular formula is C61H108N4O14. The minimum Gasteiger partial charge on any atom is -0.381 e. The standard InChI is InChI=1S/C61H108N4O14/c1-3-5-7-9-11-13-15-17-19-21-23-25-27-29-31-43-76-53-62-41-33-45-72-49-61(51-74-47-39-59(70)78-64-55(66)35-36-56(64)67,52-75-48-40-60(71)79-65-57(68)37-38-58(65)69)50-73-46-34-42-63-54-77-44-32-30-28-26-24-22-20-18-16-14-12-10-8-6-4-2/h17-20,62-63H,3-16,21-54H2,1-2H3/b19-17+,20-18+. The predicted molar refractivity (Wildman–Crippen MR) is 306 cm³/mol. The van der Waals surface area contributed by atoms with Gasteiger partial charge in [-0.15, -0.1) is 10.1 Å². The van der Waals surface area contributed by atoms with Crippen molar-refractivity contribution in [1.29, 1.82) is 0 Å². The fraction of sp³-hybridized carbons (Fsp3) is 0.836. The quantitative estimate of drug-likeness (QED) is 0.0251. The highest BCUT2D eigenvalue weighted by atomic mass is 16.7. The van der Waals surface area contributed by atoms with Gasteiger partial charge in [-0.05, 0) is 90.1 Å². The van der Waals surface area contributed by atoms with E-state index >= 15 is 0 Å². The smallest absolute Gasteiger partial charge is 0.335 e. The summed E-state index contributed by atoms with van der Waals surface area (Å²) in [7, 11) is 0. The Morgan fingerprint density at radius 3 is 1.03 bits per heavy atom. The normalized spacial score (nSPS) is 14.2. The van der Waals surface area contributed by atoms with Crippen LogP contribution in [-0.2, 0) is 66.9 Å². The Hall–Kier alpha value is -3.62.